The van der Waals surface area contributed by atoms with Crippen molar-refractivity contribution >= 4 is 19.9 Å². The van der Waals surface area contributed by atoms with E-state index in [1.807, 2.05) is 0 Å². The van der Waals surface area contributed by atoms with Gasteiger partial charge in [-0.2, -0.15) is 0 Å². The summed E-state index contributed by atoms with van der Waals surface area (Å²) in [5.41, 5.74) is 0. The Morgan fingerprint density at radius 1 is 2.00 bits per heavy atom. The average molecular weight is 136 g/mol. The highest BCUT2D eigenvalue weighted by Gasteiger charge is 2.01. The molecule has 1 atom stereocenters. The van der Waals surface area contributed by atoms with Crippen LogP contribution in [0.5, 0.6) is 0 Å². The third-order valence-electron chi connectivity index (χ3n) is 0.608. The second kappa shape index (κ2) is 4.23. The van der Waals surface area contributed by atoms with Gasteiger partial charge in [0.15, 0.2) is 0 Å². The van der Waals surface area contributed by atoms with E-state index in [4.69, 9.17) is 0 Å². The zero-order valence-corrected chi connectivity index (χ0v) is 7.51. The zero-order valence-electron chi connectivity index (χ0n) is 4.36. The summed E-state index contributed by atoms with van der Waals surface area (Å²) in [6.45, 7) is 3.38. The smallest absolute Gasteiger partial charge is 0.361 e. The molecule has 0 amide bonds. The lowest BCUT2D eigenvalue weighted by atomic mass is 10.8. The molecular weight excluding hydrogens is 127 g/mol. The van der Waals surface area contributed by atoms with E-state index in [9.17, 15) is 4.11 Å². The third-order valence-corrected chi connectivity index (χ3v) is 3.36. The lowest BCUT2D eigenvalue weighted by Crippen LogP contribution is -2.06. The predicted molar refractivity (Wildman–Crippen MR) is 34.3 cm³/mol. The molecule has 0 rings (SSSR count). The molecule has 0 radical (unpaired) electrons. The summed E-state index contributed by atoms with van der Waals surface area (Å²) < 4.78 is 16.5. The van der Waals surface area contributed by atoms with Crippen molar-refractivity contribution in [1.29, 1.82) is 0 Å². The maximum absolute atomic E-state index is 12.0. The highest BCUT2D eigenvalue weighted by Crippen LogP contribution is 1.92. The van der Waals surface area contributed by atoms with Gasteiger partial charge in [-0.3, -0.25) is 4.11 Å². The van der Waals surface area contributed by atoms with Crippen LogP contribution in [-0.4, -0.2) is 19.9 Å². The molecule has 0 aromatic carbocycles. The van der Waals surface area contributed by atoms with E-state index in [1.165, 1.54) is 0 Å². The molecule has 1 nitrogen and oxygen atoms in total. The zero-order chi connectivity index (χ0) is 5.70. The molecular formula is C3H9FOSi2. The first-order chi connectivity index (χ1) is 3.31. The molecule has 0 aliphatic heterocycles. The summed E-state index contributed by atoms with van der Waals surface area (Å²) >= 11 is 0. The van der Waals surface area contributed by atoms with E-state index >= 15 is 0 Å². The number of hydrogen-bond donors (Lipinski definition) is 0. The van der Waals surface area contributed by atoms with Crippen molar-refractivity contribution in [1.82, 2.24) is 0 Å². The number of hydrogen-bond acceptors (Lipinski definition) is 1. The molecule has 0 fully saturated rings. The van der Waals surface area contributed by atoms with Gasteiger partial charge >= 0.3 is 9.37 Å². The molecule has 0 heterocycles. The molecule has 0 aliphatic rings. The van der Waals surface area contributed by atoms with Crippen LogP contribution in [-0.2, 0) is 4.12 Å². The maximum Gasteiger partial charge on any atom is 0.361 e. The highest BCUT2D eigenvalue weighted by molar-refractivity contribution is 6.48. The van der Waals surface area contributed by atoms with Crippen molar-refractivity contribution in [2.75, 3.05) is 0 Å². The quantitative estimate of drug-likeness (QED) is 0.293. The fourth-order valence-corrected chi connectivity index (χ4v) is 1.26. The standard InChI is InChI=1S/C3H9FOSi2/c1-2-3-7(4)5-6/h2,7H,1,3H2,6H3. The SMILES string of the molecule is C=CC[SiH](F)O[SiH3]. The van der Waals surface area contributed by atoms with Gasteiger partial charge in [0.2, 0.25) is 0 Å². The minimum atomic E-state index is -2.24. The van der Waals surface area contributed by atoms with Crippen LogP contribution in [0.4, 0.5) is 4.11 Å². The normalized spacial score (nSPS) is 13.9. The van der Waals surface area contributed by atoms with Gasteiger partial charge in [-0.1, -0.05) is 6.08 Å². The molecule has 7 heavy (non-hydrogen) atoms. The molecule has 0 bridgehead atoms. The van der Waals surface area contributed by atoms with Crippen LogP contribution in [0.3, 0.4) is 0 Å². The monoisotopic (exact) mass is 136 g/mol. The fourth-order valence-electron chi connectivity index (χ4n) is 0.227. The highest BCUT2D eigenvalue weighted by atomic mass is 28.4. The maximum atomic E-state index is 12.0. The van der Waals surface area contributed by atoms with Crippen LogP contribution in [0.25, 0.3) is 0 Å². The number of allylic oxidation sites excluding steroid dienone is 1. The van der Waals surface area contributed by atoms with E-state index in [1.54, 1.807) is 6.08 Å². The van der Waals surface area contributed by atoms with Crippen LogP contribution < -0.4 is 0 Å². The largest absolute Gasteiger partial charge is 0.444 e. The lowest BCUT2D eigenvalue weighted by Gasteiger charge is -1.95. The predicted octanol–water partition coefficient (Wildman–Crippen LogP) is -0.341. The minimum Gasteiger partial charge on any atom is -0.444 e. The van der Waals surface area contributed by atoms with E-state index in [0.29, 0.717) is 16.5 Å². The fraction of sp³-hybridized carbons (Fsp3) is 0.333. The first-order valence-electron chi connectivity index (χ1n) is 2.09. The summed E-state index contributed by atoms with van der Waals surface area (Å²) in [7, 11) is -1.71. The molecule has 0 N–H and O–H groups in total. The lowest BCUT2D eigenvalue weighted by molar-refractivity contribution is 0.546. The van der Waals surface area contributed by atoms with E-state index in [0.717, 1.165) is 0 Å². The van der Waals surface area contributed by atoms with Crippen molar-refractivity contribution in [2.45, 2.75) is 6.04 Å². The van der Waals surface area contributed by atoms with Crippen molar-refractivity contribution in [2.24, 2.45) is 0 Å². The van der Waals surface area contributed by atoms with Crippen LogP contribution in [0, 0.1) is 0 Å². The Hall–Kier alpha value is 0.0638. The minimum absolute atomic E-state index is 0.448. The van der Waals surface area contributed by atoms with Crippen LogP contribution in [0.1, 0.15) is 0 Å². The van der Waals surface area contributed by atoms with Gasteiger partial charge in [-0.05, 0) is 0 Å². The molecule has 0 aliphatic carbocycles. The summed E-state index contributed by atoms with van der Waals surface area (Å²) in [5.74, 6) is 0. The molecule has 0 aromatic rings. The molecule has 1 unspecified atom stereocenters. The summed E-state index contributed by atoms with van der Waals surface area (Å²) in [4.78, 5) is 0. The van der Waals surface area contributed by atoms with Gasteiger partial charge in [0.1, 0.15) is 10.5 Å². The molecule has 0 spiro atoms. The van der Waals surface area contributed by atoms with Gasteiger partial charge in [0.25, 0.3) is 0 Å². The van der Waals surface area contributed by atoms with Gasteiger partial charge in [-0.15, -0.1) is 6.58 Å². The molecule has 0 saturated carbocycles. The summed E-state index contributed by atoms with van der Waals surface area (Å²) in [5, 5.41) is 0. The van der Waals surface area contributed by atoms with Crippen LogP contribution >= 0.6 is 0 Å². The molecule has 42 valence electrons. The second-order valence-electron chi connectivity index (χ2n) is 1.17. The summed E-state index contributed by atoms with van der Waals surface area (Å²) in [6.07, 6.45) is 1.56. The molecule has 0 aromatic heterocycles. The van der Waals surface area contributed by atoms with Crippen LogP contribution in [0.15, 0.2) is 12.7 Å². The first-order valence-corrected chi connectivity index (χ1v) is 4.63. The van der Waals surface area contributed by atoms with Gasteiger partial charge < -0.3 is 4.12 Å². The number of rotatable bonds is 3. The second-order valence-corrected chi connectivity index (χ2v) is 4.35. The Morgan fingerprint density at radius 3 is 2.71 bits per heavy atom. The Labute approximate surface area is 47.6 Å². The summed E-state index contributed by atoms with van der Waals surface area (Å²) in [6, 6.07) is 0.448. The van der Waals surface area contributed by atoms with Crippen molar-refractivity contribution in [3.8, 4) is 0 Å². The van der Waals surface area contributed by atoms with Crippen LogP contribution in [0.2, 0.25) is 6.04 Å². The van der Waals surface area contributed by atoms with Gasteiger partial charge in [-0.25, -0.2) is 0 Å². The Morgan fingerprint density at radius 2 is 2.57 bits per heavy atom. The van der Waals surface area contributed by atoms with E-state index in [2.05, 4.69) is 10.7 Å². The van der Waals surface area contributed by atoms with Crippen molar-refractivity contribution < 1.29 is 8.22 Å². The third kappa shape index (κ3) is 3.91. The topological polar surface area (TPSA) is 9.23 Å². The Kier molecular flexibility index (Phi) is 4.27. The Balaban J connectivity index is 2.98. The van der Waals surface area contributed by atoms with Crippen molar-refractivity contribution in [3.63, 3.8) is 0 Å². The number of halogens is 1. The van der Waals surface area contributed by atoms with Crippen molar-refractivity contribution in [3.05, 3.63) is 12.7 Å². The van der Waals surface area contributed by atoms with Gasteiger partial charge in [0.05, 0.1) is 0 Å². The molecule has 4 heteroatoms. The molecule has 0 saturated heterocycles. The van der Waals surface area contributed by atoms with Gasteiger partial charge in [0, 0.05) is 6.04 Å². The average Bonchev–Trinajstić information content (AvgIpc) is 1.68. The first kappa shape index (κ1) is 7.06. The van der Waals surface area contributed by atoms with E-state index < -0.39 is 9.37 Å². The Bertz CT molecular complexity index is 58.9. The van der Waals surface area contributed by atoms with E-state index in [-0.39, 0.29) is 0 Å².